The molecule has 0 aliphatic carbocycles. The van der Waals surface area contributed by atoms with E-state index in [1.165, 1.54) is 6.08 Å². The highest BCUT2D eigenvalue weighted by Crippen LogP contribution is 2.36. The molecule has 228 valence electrons. The number of nitrogens with zero attached hydrogens (tertiary/aromatic N) is 5. The number of thiol groups is 1. The molecule has 11 nitrogen and oxygen atoms in total. The normalized spacial score (nSPS) is 16.5. The van der Waals surface area contributed by atoms with Gasteiger partial charge < -0.3 is 30.7 Å². The third kappa shape index (κ3) is 7.51. The van der Waals surface area contributed by atoms with Crippen LogP contribution in [0.15, 0.2) is 55.1 Å². The quantitative estimate of drug-likeness (QED) is 0.191. The minimum absolute atomic E-state index is 0.264. The van der Waals surface area contributed by atoms with E-state index >= 15 is 0 Å². The average Bonchev–Trinajstić information content (AvgIpc) is 3.03. The van der Waals surface area contributed by atoms with E-state index in [-0.39, 0.29) is 11.7 Å². The van der Waals surface area contributed by atoms with Gasteiger partial charge in [-0.1, -0.05) is 32.4 Å². The fourth-order valence-corrected chi connectivity index (χ4v) is 5.70. The molecule has 3 aromatic rings. The summed E-state index contributed by atoms with van der Waals surface area (Å²) < 4.78 is 14.0. The molecule has 2 saturated heterocycles. The van der Waals surface area contributed by atoms with Crippen molar-refractivity contribution in [3.05, 3.63) is 60.8 Å². The highest BCUT2D eigenvalue weighted by molar-refractivity contribution is 7.77. The molecule has 2 aliphatic rings. The largest absolute Gasteiger partial charge is 0.495 e. The van der Waals surface area contributed by atoms with Gasteiger partial charge in [-0.3, -0.25) is 14.0 Å². The van der Waals surface area contributed by atoms with E-state index in [1.807, 2.05) is 19.1 Å². The zero-order valence-electron chi connectivity index (χ0n) is 24.8. The molecule has 1 aromatic heterocycles. The smallest absolute Gasteiger partial charge is 0.247 e. The van der Waals surface area contributed by atoms with Crippen LogP contribution in [0.25, 0.3) is 0 Å². The van der Waals surface area contributed by atoms with Crippen molar-refractivity contribution in [1.82, 2.24) is 19.2 Å². The molecule has 12 heteroatoms. The van der Waals surface area contributed by atoms with Crippen LogP contribution in [0.5, 0.6) is 17.4 Å². The number of piperazine rings is 1. The maximum absolute atomic E-state index is 11.7. The number of aryl methyl sites for hydroxylation is 1. The Hall–Kier alpha value is -4.00. The summed E-state index contributed by atoms with van der Waals surface area (Å²) in [6.07, 6.45) is 4.03. The van der Waals surface area contributed by atoms with Crippen LogP contribution in [0.2, 0.25) is 0 Å². The summed E-state index contributed by atoms with van der Waals surface area (Å²) >= 11 is 4.49. The summed E-state index contributed by atoms with van der Waals surface area (Å²) in [5.41, 5.74) is 9.34. The van der Waals surface area contributed by atoms with Gasteiger partial charge in [-0.15, -0.1) is 0 Å². The van der Waals surface area contributed by atoms with Gasteiger partial charge in [-0.25, -0.2) is 4.98 Å². The van der Waals surface area contributed by atoms with E-state index in [0.717, 1.165) is 69.2 Å². The molecule has 1 amide bonds. The number of nitrogen functional groups attached to an aromatic ring is 1. The number of anilines is 5. The summed E-state index contributed by atoms with van der Waals surface area (Å²) in [4.78, 5) is 25.9. The van der Waals surface area contributed by atoms with Crippen LogP contribution in [0.3, 0.4) is 0 Å². The Morgan fingerprint density at radius 2 is 1.86 bits per heavy atom. The second kappa shape index (κ2) is 14.0. The third-order valence-corrected chi connectivity index (χ3v) is 8.25. The van der Waals surface area contributed by atoms with Crippen LogP contribution >= 0.6 is 12.8 Å². The SMILES string of the molecule is C=CC(=O)Nc1cccc(Oc2nc(Nc3ccc(N4CCC(N5CCN(S)CC5)CC4)c(OC)c3)c(N)nc2CC)c1. The molecule has 43 heavy (non-hydrogen) atoms. The minimum Gasteiger partial charge on any atom is -0.495 e. The summed E-state index contributed by atoms with van der Waals surface area (Å²) in [6, 6.07) is 13.7. The molecule has 0 unspecified atom stereocenters. The Morgan fingerprint density at radius 1 is 1.09 bits per heavy atom. The van der Waals surface area contributed by atoms with Crippen molar-refractivity contribution < 1.29 is 14.3 Å². The van der Waals surface area contributed by atoms with Crippen LogP contribution in [-0.2, 0) is 11.2 Å². The number of carbonyl (C=O) groups excluding carboxylic acids is 1. The minimum atomic E-state index is -0.306. The zero-order chi connectivity index (χ0) is 30.3. The maximum atomic E-state index is 11.7. The number of nitrogens with two attached hydrogens (primary N) is 1. The summed E-state index contributed by atoms with van der Waals surface area (Å²) in [5.74, 6) is 1.94. The van der Waals surface area contributed by atoms with E-state index in [0.29, 0.717) is 41.3 Å². The first kappa shape index (κ1) is 30.5. The zero-order valence-corrected chi connectivity index (χ0v) is 25.6. The summed E-state index contributed by atoms with van der Waals surface area (Å²) in [6.45, 7) is 11.6. The first-order valence-electron chi connectivity index (χ1n) is 14.6. The molecule has 0 bridgehead atoms. The van der Waals surface area contributed by atoms with Gasteiger partial charge in [0, 0.05) is 68.8 Å². The van der Waals surface area contributed by atoms with E-state index < -0.39 is 0 Å². The van der Waals surface area contributed by atoms with E-state index in [2.05, 4.69) is 60.2 Å². The molecule has 2 aliphatic heterocycles. The number of benzene rings is 2. The number of methoxy groups -OCH3 is 1. The van der Waals surface area contributed by atoms with Crippen molar-refractivity contribution in [2.24, 2.45) is 0 Å². The standard InChI is InChI=1S/C31H40N8O3S/c1-4-25-31(42-24-8-6-7-21(19-24)33-28(40)5-2)36-30(29(32)35-25)34-22-9-10-26(27(20-22)41-3)38-13-11-23(12-14-38)37-15-17-39(43)18-16-37/h5-10,19-20,23,43H,2,4,11-18H2,1,3H3,(H2,32,35)(H,33,40)(H,34,36). The van der Waals surface area contributed by atoms with Crippen molar-refractivity contribution >= 4 is 47.4 Å². The Balaban J connectivity index is 1.29. The van der Waals surface area contributed by atoms with Crippen molar-refractivity contribution in [3.63, 3.8) is 0 Å². The van der Waals surface area contributed by atoms with Gasteiger partial charge in [0.2, 0.25) is 11.8 Å². The molecule has 2 aromatic carbocycles. The number of piperidine rings is 1. The molecule has 0 spiro atoms. The predicted molar refractivity (Wildman–Crippen MR) is 175 cm³/mol. The number of aromatic nitrogens is 2. The number of amides is 1. The van der Waals surface area contributed by atoms with Gasteiger partial charge in [0.05, 0.1) is 12.8 Å². The Kier molecular flexibility index (Phi) is 9.90. The molecule has 0 saturated carbocycles. The molecule has 0 atom stereocenters. The van der Waals surface area contributed by atoms with Gasteiger partial charge in [0.1, 0.15) is 17.2 Å². The van der Waals surface area contributed by atoms with Gasteiger partial charge in [0.25, 0.3) is 0 Å². The van der Waals surface area contributed by atoms with Crippen LogP contribution in [0.1, 0.15) is 25.5 Å². The highest BCUT2D eigenvalue weighted by Gasteiger charge is 2.28. The lowest BCUT2D eigenvalue weighted by molar-refractivity contribution is -0.111. The highest BCUT2D eigenvalue weighted by atomic mass is 32.1. The van der Waals surface area contributed by atoms with Crippen LogP contribution in [0, 0.1) is 0 Å². The van der Waals surface area contributed by atoms with Gasteiger partial charge in [-0.05, 0) is 49.6 Å². The number of nitrogens with one attached hydrogen (secondary N) is 2. The van der Waals surface area contributed by atoms with Crippen molar-refractivity contribution in [2.45, 2.75) is 32.2 Å². The topological polar surface area (TPSA) is 121 Å². The van der Waals surface area contributed by atoms with E-state index in [9.17, 15) is 4.79 Å². The second-order valence-electron chi connectivity index (χ2n) is 10.6. The van der Waals surface area contributed by atoms with Gasteiger partial charge in [0.15, 0.2) is 11.6 Å². The van der Waals surface area contributed by atoms with Gasteiger partial charge in [-0.2, -0.15) is 4.98 Å². The number of rotatable bonds is 10. The van der Waals surface area contributed by atoms with Crippen molar-refractivity contribution in [1.29, 1.82) is 0 Å². The van der Waals surface area contributed by atoms with Crippen molar-refractivity contribution in [3.8, 4) is 17.4 Å². The van der Waals surface area contributed by atoms with Crippen LogP contribution < -0.4 is 30.7 Å². The lowest BCUT2D eigenvalue weighted by Gasteiger charge is -2.42. The van der Waals surface area contributed by atoms with Crippen LogP contribution in [-0.4, -0.2) is 77.5 Å². The molecule has 3 heterocycles. The molecule has 2 fully saturated rings. The summed E-state index contributed by atoms with van der Waals surface area (Å²) in [7, 11) is 1.69. The molecular weight excluding hydrogens is 564 g/mol. The van der Waals surface area contributed by atoms with Crippen LogP contribution in [0.4, 0.5) is 28.7 Å². The number of carbonyl (C=O) groups is 1. The number of hydrogen-bond donors (Lipinski definition) is 4. The predicted octanol–water partition coefficient (Wildman–Crippen LogP) is 4.72. The first-order chi connectivity index (χ1) is 20.9. The number of ether oxygens (including phenoxy) is 2. The molecule has 0 radical (unpaired) electrons. The average molecular weight is 605 g/mol. The summed E-state index contributed by atoms with van der Waals surface area (Å²) in [5, 5.41) is 6.02. The van der Waals surface area contributed by atoms with Gasteiger partial charge >= 0.3 is 0 Å². The van der Waals surface area contributed by atoms with E-state index in [4.69, 9.17) is 15.2 Å². The lowest BCUT2D eigenvalue weighted by Crippen LogP contribution is -2.51. The number of hydrogen-bond acceptors (Lipinski definition) is 11. The molecule has 4 N–H and O–H groups in total. The molecule has 5 rings (SSSR count). The van der Waals surface area contributed by atoms with E-state index in [1.54, 1.807) is 31.4 Å². The first-order valence-corrected chi connectivity index (χ1v) is 15.0. The maximum Gasteiger partial charge on any atom is 0.247 e. The fraction of sp³-hybridized carbons (Fsp3) is 0.387. The third-order valence-electron chi connectivity index (χ3n) is 7.85. The second-order valence-corrected chi connectivity index (χ2v) is 11.2. The molecular formula is C31H40N8O3S. The fourth-order valence-electron chi connectivity index (χ4n) is 5.52. The Bertz CT molecular complexity index is 1440. The monoisotopic (exact) mass is 604 g/mol. The Morgan fingerprint density at radius 3 is 2.56 bits per heavy atom. The lowest BCUT2D eigenvalue weighted by atomic mass is 10.0. The Labute approximate surface area is 258 Å². The van der Waals surface area contributed by atoms with Crippen molar-refractivity contribution in [2.75, 3.05) is 67.6 Å².